The largest absolute Gasteiger partial charge is 0.395 e. The van der Waals surface area contributed by atoms with E-state index in [4.69, 9.17) is 5.11 Å². The van der Waals surface area contributed by atoms with Gasteiger partial charge >= 0.3 is 0 Å². The highest BCUT2D eigenvalue weighted by atomic mass is 16.3. The van der Waals surface area contributed by atoms with Crippen molar-refractivity contribution in [2.45, 2.75) is 12.3 Å². The molecule has 1 heterocycles. The molecule has 4 heteroatoms. The van der Waals surface area contributed by atoms with Gasteiger partial charge in [0.05, 0.1) is 12.0 Å². The third-order valence-corrected chi connectivity index (χ3v) is 1.73. The third kappa shape index (κ3) is 1.30. The molecule has 0 aliphatic rings. The van der Waals surface area contributed by atoms with E-state index in [9.17, 15) is 0 Å². The van der Waals surface area contributed by atoms with Crippen molar-refractivity contribution < 1.29 is 5.11 Å². The first-order valence-electron chi connectivity index (χ1n) is 3.33. The van der Waals surface area contributed by atoms with Crippen molar-refractivity contribution in [2.75, 3.05) is 6.61 Å². The Morgan fingerprint density at radius 2 is 2.64 bits per heavy atom. The van der Waals surface area contributed by atoms with Gasteiger partial charge in [0, 0.05) is 0 Å². The van der Waals surface area contributed by atoms with E-state index in [0.717, 1.165) is 0 Å². The van der Waals surface area contributed by atoms with E-state index in [1.54, 1.807) is 6.08 Å². The van der Waals surface area contributed by atoms with Crippen molar-refractivity contribution in [1.29, 1.82) is 0 Å². The van der Waals surface area contributed by atoms with Crippen LogP contribution in [0.2, 0.25) is 0 Å². The zero-order valence-electron chi connectivity index (χ0n) is 6.41. The SMILES string of the molecule is C=CC(C)(CO)c1ncn[nH]1. The van der Waals surface area contributed by atoms with Gasteiger partial charge in [0.1, 0.15) is 12.2 Å². The molecular formula is C7H11N3O. The van der Waals surface area contributed by atoms with Crippen LogP contribution in [0.1, 0.15) is 12.7 Å². The monoisotopic (exact) mass is 153 g/mol. The number of aliphatic hydroxyl groups excluding tert-OH is 1. The van der Waals surface area contributed by atoms with Gasteiger partial charge in [0.2, 0.25) is 0 Å². The lowest BCUT2D eigenvalue weighted by Gasteiger charge is -2.18. The van der Waals surface area contributed by atoms with E-state index in [-0.39, 0.29) is 6.61 Å². The van der Waals surface area contributed by atoms with E-state index in [2.05, 4.69) is 21.8 Å². The Morgan fingerprint density at radius 1 is 1.91 bits per heavy atom. The molecule has 0 spiro atoms. The third-order valence-electron chi connectivity index (χ3n) is 1.73. The quantitative estimate of drug-likeness (QED) is 0.611. The van der Waals surface area contributed by atoms with Crippen molar-refractivity contribution in [3.63, 3.8) is 0 Å². The lowest BCUT2D eigenvalue weighted by atomic mass is 9.91. The Kier molecular flexibility index (Phi) is 2.05. The number of hydrogen-bond donors (Lipinski definition) is 2. The summed E-state index contributed by atoms with van der Waals surface area (Å²) in [6, 6.07) is 0. The molecule has 4 nitrogen and oxygen atoms in total. The summed E-state index contributed by atoms with van der Waals surface area (Å²) in [5.41, 5.74) is -0.503. The van der Waals surface area contributed by atoms with Gasteiger partial charge in [-0.25, -0.2) is 4.98 Å². The number of aliphatic hydroxyl groups is 1. The van der Waals surface area contributed by atoms with Gasteiger partial charge in [-0.2, -0.15) is 5.10 Å². The summed E-state index contributed by atoms with van der Waals surface area (Å²) >= 11 is 0. The molecule has 60 valence electrons. The highest BCUT2D eigenvalue weighted by Crippen LogP contribution is 2.19. The maximum atomic E-state index is 9.00. The molecule has 1 rings (SSSR count). The van der Waals surface area contributed by atoms with E-state index < -0.39 is 5.41 Å². The number of hydrogen-bond acceptors (Lipinski definition) is 3. The van der Waals surface area contributed by atoms with Crippen molar-refractivity contribution in [2.24, 2.45) is 0 Å². The molecule has 0 saturated carbocycles. The first-order valence-corrected chi connectivity index (χ1v) is 3.33. The number of aromatic amines is 1. The van der Waals surface area contributed by atoms with Gasteiger partial charge in [-0.1, -0.05) is 6.08 Å². The second-order valence-corrected chi connectivity index (χ2v) is 2.61. The fourth-order valence-electron chi connectivity index (χ4n) is 0.717. The van der Waals surface area contributed by atoms with E-state index in [1.165, 1.54) is 6.33 Å². The Morgan fingerprint density at radius 3 is 3.00 bits per heavy atom. The normalized spacial score (nSPS) is 15.8. The van der Waals surface area contributed by atoms with Crippen LogP contribution < -0.4 is 0 Å². The van der Waals surface area contributed by atoms with Crippen LogP contribution in [0.15, 0.2) is 19.0 Å². The molecule has 1 aromatic heterocycles. The summed E-state index contributed by atoms with van der Waals surface area (Å²) in [6.45, 7) is 5.42. The van der Waals surface area contributed by atoms with Crippen LogP contribution in [0, 0.1) is 0 Å². The summed E-state index contributed by atoms with van der Waals surface area (Å²) < 4.78 is 0. The summed E-state index contributed by atoms with van der Waals surface area (Å²) in [7, 11) is 0. The Hall–Kier alpha value is -1.16. The lowest BCUT2D eigenvalue weighted by molar-refractivity contribution is 0.230. The number of nitrogens with zero attached hydrogens (tertiary/aromatic N) is 2. The molecule has 0 amide bonds. The van der Waals surface area contributed by atoms with Crippen LogP contribution in [0.25, 0.3) is 0 Å². The Labute approximate surface area is 65.0 Å². The standard InChI is InChI=1S/C7H11N3O/c1-3-7(2,4-11)6-8-5-9-10-6/h3,5,11H,1,4H2,2H3,(H,8,9,10). The minimum absolute atomic E-state index is 0.0221. The highest BCUT2D eigenvalue weighted by Gasteiger charge is 2.24. The maximum Gasteiger partial charge on any atom is 0.137 e. The number of H-pyrrole nitrogens is 1. The fraction of sp³-hybridized carbons (Fsp3) is 0.429. The minimum atomic E-state index is -0.503. The van der Waals surface area contributed by atoms with Gasteiger partial charge < -0.3 is 5.11 Å². The lowest BCUT2D eigenvalue weighted by Crippen LogP contribution is -2.25. The smallest absolute Gasteiger partial charge is 0.137 e. The van der Waals surface area contributed by atoms with Gasteiger partial charge in [0.15, 0.2) is 0 Å². The fourth-order valence-corrected chi connectivity index (χ4v) is 0.717. The predicted octanol–water partition coefficient (Wildman–Crippen LogP) is 0.241. The molecule has 0 aromatic carbocycles. The number of aromatic nitrogens is 3. The molecule has 0 bridgehead atoms. The molecule has 0 radical (unpaired) electrons. The van der Waals surface area contributed by atoms with Crippen molar-refractivity contribution in [1.82, 2.24) is 15.2 Å². The minimum Gasteiger partial charge on any atom is -0.395 e. The van der Waals surface area contributed by atoms with Gasteiger partial charge in [-0.3, -0.25) is 5.10 Å². The van der Waals surface area contributed by atoms with Crippen LogP contribution in [-0.2, 0) is 5.41 Å². The molecular weight excluding hydrogens is 142 g/mol. The number of nitrogens with one attached hydrogen (secondary N) is 1. The van der Waals surface area contributed by atoms with Crippen LogP contribution in [-0.4, -0.2) is 26.9 Å². The van der Waals surface area contributed by atoms with Crippen LogP contribution in [0.4, 0.5) is 0 Å². The van der Waals surface area contributed by atoms with Crippen LogP contribution in [0.3, 0.4) is 0 Å². The second kappa shape index (κ2) is 2.84. The zero-order valence-corrected chi connectivity index (χ0v) is 6.41. The summed E-state index contributed by atoms with van der Waals surface area (Å²) in [5, 5.41) is 15.4. The summed E-state index contributed by atoms with van der Waals surface area (Å²) in [5.74, 6) is 0.634. The second-order valence-electron chi connectivity index (χ2n) is 2.61. The number of rotatable bonds is 3. The van der Waals surface area contributed by atoms with E-state index in [1.807, 2.05) is 6.92 Å². The molecule has 0 fully saturated rings. The topological polar surface area (TPSA) is 61.8 Å². The van der Waals surface area contributed by atoms with Crippen LogP contribution >= 0.6 is 0 Å². The molecule has 1 unspecified atom stereocenters. The Bertz CT molecular complexity index is 232. The van der Waals surface area contributed by atoms with Crippen molar-refractivity contribution in [3.8, 4) is 0 Å². The zero-order chi connectivity index (χ0) is 8.32. The van der Waals surface area contributed by atoms with Crippen molar-refractivity contribution >= 4 is 0 Å². The molecule has 11 heavy (non-hydrogen) atoms. The average molecular weight is 153 g/mol. The first kappa shape index (κ1) is 7.94. The summed E-state index contributed by atoms with van der Waals surface area (Å²) in [4.78, 5) is 3.93. The Balaban J connectivity index is 2.96. The highest BCUT2D eigenvalue weighted by molar-refractivity contribution is 5.13. The molecule has 0 saturated heterocycles. The predicted molar refractivity (Wildman–Crippen MR) is 41.0 cm³/mol. The van der Waals surface area contributed by atoms with Gasteiger partial charge in [0.25, 0.3) is 0 Å². The van der Waals surface area contributed by atoms with E-state index >= 15 is 0 Å². The molecule has 1 aromatic rings. The van der Waals surface area contributed by atoms with Gasteiger partial charge in [-0.05, 0) is 6.92 Å². The molecule has 2 N–H and O–H groups in total. The van der Waals surface area contributed by atoms with Crippen molar-refractivity contribution in [3.05, 3.63) is 24.8 Å². The summed E-state index contributed by atoms with van der Waals surface area (Å²) in [6.07, 6.45) is 3.06. The van der Waals surface area contributed by atoms with Gasteiger partial charge in [-0.15, -0.1) is 6.58 Å². The average Bonchev–Trinajstić information content (AvgIpc) is 2.55. The molecule has 0 aliphatic carbocycles. The first-order chi connectivity index (χ1) is 5.23. The maximum absolute atomic E-state index is 9.00. The van der Waals surface area contributed by atoms with E-state index in [0.29, 0.717) is 5.82 Å². The molecule has 1 atom stereocenters. The molecule has 0 aliphatic heterocycles. The van der Waals surface area contributed by atoms with Crippen LogP contribution in [0.5, 0.6) is 0 Å².